The first-order valence-electron chi connectivity index (χ1n) is 9.35. The second-order valence-electron chi connectivity index (χ2n) is 6.63. The van der Waals surface area contributed by atoms with E-state index in [1.807, 2.05) is 0 Å². The SMILES string of the molecule is O=[N+]([O-])c1ccc(NN=C(c2ccc3c(c2)OCCO3)c2ccccc2Cl)c([N+](=O)[O-])c1. The number of hydrazone groups is 1. The van der Waals surface area contributed by atoms with Gasteiger partial charge in [-0.2, -0.15) is 5.10 Å². The molecule has 3 aromatic rings. The van der Waals surface area contributed by atoms with Crippen LogP contribution in [0.15, 0.2) is 65.8 Å². The number of non-ortho nitro benzene ring substituents is 1. The highest BCUT2D eigenvalue weighted by molar-refractivity contribution is 6.35. The van der Waals surface area contributed by atoms with Gasteiger partial charge in [-0.1, -0.05) is 29.8 Å². The summed E-state index contributed by atoms with van der Waals surface area (Å²) in [5.74, 6) is 1.13. The highest BCUT2D eigenvalue weighted by atomic mass is 35.5. The van der Waals surface area contributed by atoms with Crippen molar-refractivity contribution in [2.75, 3.05) is 18.6 Å². The summed E-state index contributed by atoms with van der Waals surface area (Å²) in [5.41, 5.74) is 3.35. The van der Waals surface area contributed by atoms with Gasteiger partial charge in [-0.25, -0.2) is 0 Å². The highest BCUT2D eigenvalue weighted by Gasteiger charge is 2.21. The number of anilines is 1. The largest absolute Gasteiger partial charge is 0.486 e. The van der Waals surface area contributed by atoms with Crippen LogP contribution >= 0.6 is 11.6 Å². The molecule has 10 nitrogen and oxygen atoms in total. The predicted octanol–water partition coefficient (Wildman–Crippen LogP) is 4.79. The normalized spacial score (nSPS) is 12.8. The van der Waals surface area contributed by atoms with E-state index in [1.165, 1.54) is 6.07 Å². The number of ether oxygens (including phenoxy) is 2. The monoisotopic (exact) mass is 454 g/mol. The number of hydrogen-bond acceptors (Lipinski definition) is 8. The van der Waals surface area contributed by atoms with E-state index in [0.29, 0.717) is 46.6 Å². The Balaban J connectivity index is 1.79. The molecule has 0 bridgehead atoms. The van der Waals surface area contributed by atoms with Crippen molar-refractivity contribution in [3.05, 3.63) is 97.0 Å². The lowest BCUT2D eigenvalue weighted by molar-refractivity contribution is -0.393. The van der Waals surface area contributed by atoms with Gasteiger partial charge in [0.2, 0.25) is 0 Å². The second kappa shape index (κ2) is 8.90. The smallest absolute Gasteiger partial charge is 0.301 e. The molecule has 0 amide bonds. The number of nitrogens with zero attached hydrogens (tertiary/aromatic N) is 3. The van der Waals surface area contributed by atoms with Gasteiger partial charge in [0.25, 0.3) is 5.69 Å². The minimum absolute atomic E-state index is 0.0114. The van der Waals surface area contributed by atoms with Gasteiger partial charge in [0.1, 0.15) is 18.9 Å². The molecule has 0 saturated heterocycles. The van der Waals surface area contributed by atoms with E-state index >= 15 is 0 Å². The van der Waals surface area contributed by atoms with E-state index in [-0.39, 0.29) is 5.69 Å². The topological polar surface area (TPSA) is 129 Å². The number of fused-ring (bicyclic) bond motifs is 1. The van der Waals surface area contributed by atoms with E-state index < -0.39 is 21.2 Å². The molecule has 4 rings (SSSR count). The number of benzene rings is 3. The molecule has 1 N–H and O–H groups in total. The highest BCUT2D eigenvalue weighted by Crippen LogP contribution is 2.33. The summed E-state index contributed by atoms with van der Waals surface area (Å²) in [6, 6.07) is 15.5. The Morgan fingerprint density at radius 1 is 0.938 bits per heavy atom. The molecule has 0 spiro atoms. The zero-order valence-electron chi connectivity index (χ0n) is 16.4. The zero-order chi connectivity index (χ0) is 22.7. The van der Waals surface area contributed by atoms with E-state index in [0.717, 1.165) is 12.1 Å². The zero-order valence-corrected chi connectivity index (χ0v) is 17.1. The predicted molar refractivity (Wildman–Crippen MR) is 118 cm³/mol. The fourth-order valence-corrected chi connectivity index (χ4v) is 3.34. The summed E-state index contributed by atoms with van der Waals surface area (Å²) in [5, 5.41) is 27.2. The second-order valence-corrected chi connectivity index (χ2v) is 7.03. The van der Waals surface area contributed by atoms with E-state index in [9.17, 15) is 20.2 Å². The quantitative estimate of drug-likeness (QED) is 0.322. The van der Waals surface area contributed by atoms with Crippen molar-refractivity contribution in [2.24, 2.45) is 5.10 Å². The number of rotatable bonds is 6. The van der Waals surface area contributed by atoms with Crippen molar-refractivity contribution in [3.63, 3.8) is 0 Å². The lowest BCUT2D eigenvalue weighted by Crippen LogP contribution is -2.16. The van der Waals surface area contributed by atoms with Crippen molar-refractivity contribution < 1.29 is 19.3 Å². The van der Waals surface area contributed by atoms with Crippen LogP contribution in [0, 0.1) is 20.2 Å². The molecule has 0 radical (unpaired) electrons. The van der Waals surface area contributed by atoms with Crippen molar-refractivity contribution in [3.8, 4) is 11.5 Å². The Bertz CT molecular complexity index is 1250. The van der Waals surface area contributed by atoms with Gasteiger partial charge in [-0.15, -0.1) is 0 Å². The van der Waals surface area contributed by atoms with Crippen molar-refractivity contribution >= 4 is 34.4 Å². The summed E-state index contributed by atoms with van der Waals surface area (Å²) in [6.07, 6.45) is 0. The fraction of sp³-hybridized carbons (Fsp3) is 0.0952. The lowest BCUT2D eigenvalue weighted by Gasteiger charge is -2.19. The summed E-state index contributed by atoms with van der Waals surface area (Å²) in [4.78, 5) is 21.0. The van der Waals surface area contributed by atoms with Gasteiger partial charge in [0.15, 0.2) is 11.5 Å². The average Bonchev–Trinajstić information content (AvgIpc) is 2.80. The number of nitrogens with one attached hydrogen (secondary N) is 1. The minimum atomic E-state index is -0.718. The molecule has 162 valence electrons. The van der Waals surface area contributed by atoms with Crippen LogP contribution in [0.2, 0.25) is 5.02 Å². The van der Waals surface area contributed by atoms with Gasteiger partial charge in [0.05, 0.1) is 26.6 Å². The molecule has 11 heteroatoms. The standard InChI is InChI=1S/C21H15ClN4O6/c22-16-4-2-1-3-15(16)21(13-5-8-19-20(11-13)32-10-9-31-19)24-23-17-7-6-14(25(27)28)12-18(17)26(29)30/h1-8,11-12,23H,9-10H2. The third-order valence-electron chi connectivity index (χ3n) is 4.62. The van der Waals surface area contributed by atoms with Gasteiger partial charge in [-0.3, -0.25) is 25.7 Å². The van der Waals surface area contributed by atoms with Gasteiger partial charge < -0.3 is 9.47 Å². The molecule has 32 heavy (non-hydrogen) atoms. The molecule has 0 unspecified atom stereocenters. The maximum absolute atomic E-state index is 11.4. The molecular formula is C21H15ClN4O6. The van der Waals surface area contributed by atoms with Gasteiger partial charge in [0, 0.05) is 17.2 Å². The van der Waals surface area contributed by atoms with Crippen LogP contribution < -0.4 is 14.9 Å². The van der Waals surface area contributed by atoms with E-state index in [2.05, 4.69) is 10.5 Å². The van der Waals surface area contributed by atoms with Crippen LogP contribution in [0.1, 0.15) is 11.1 Å². The molecule has 3 aromatic carbocycles. The van der Waals surface area contributed by atoms with Crippen molar-refractivity contribution in [1.29, 1.82) is 0 Å². The average molecular weight is 455 g/mol. The van der Waals surface area contributed by atoms with Gasteiger partial charge >= 0.3 is 5.69 Å². The van der Waals surface area contributed by atoms with Crippen LogP contribution in [-0.2, 0) is 0 Å². The van der Waals surface area contributed by atoms with Crippen LogP contribution in [0.25, 0.3) is 0 Å². The summed E-state index contributed by atoms with van der Waals surface area (Å²) < 4.78 is 11.2. The maximum atomic E-state index is 11.4. The van der Waals surface area contributed by atoms with Crippen molar-refractivity contribution in [1.82, 2.24) is 0 Å². The van der Waals surface area contributed by atoms with E-state index in [4.69, 9.17) is 21.1 Å². The van der Waals surface area contributed by atoms with Gasteiger partial charge in [-0.05, 0) is 30.3 Å². The number of halogens is 1. The first kappa shape index (κ1) is 21.1. The molecule has 0 saturated carbocycles. The number of nitro groups is 2. The minimum Gasteiger partial charge on any atom is -0.486 e. The third kappa shape index (κ3) is 4.30. The Kier molecular flexibility index (Phi) is 5.86. The Hall–Kier alpha value is -4.18. The first-order valence-corrected chi connectivity index (χ1v) is 9.73. The summed E-state index contributed by atoms with van der Waals surface area (Å²) in [7, 11) is 0. The molecule has 1 aliphatic heterocycles. The molecule has 0 atom stereocenters. The van der Waals surface area contributed by atoms with E-state index in [1.54, 1.807) is 42.5 Å². The molecule has 0 aromatic heterocycles. The number of hydrogen-bond donors (Lipinski definition) is 1. The summed E-state index contributed by atoms with van der Waals surface area (Å²) >= 11 is 6.38. The maximum Gasteiger partial charge on any atom is 0.301 e. The van der Waals surface area contributed by atoms with Crippen LogP contribution in [0.5, 0.6) is 11.5 Å². The third-order valence-corrected chi connectivity index (χ3v) is 4.95. The molecule has 1 heterocycles. The fourth-order valence-electron chi connectivity index (χ4n) is 3.12. The molecule has 0 aliphatic carbocycles. The Morgan fingerprint density at radius 2 is 1.69 bits per heavy atom. The Labute approximate surface area is 186 Å². The molecule has 1 aliphatic rings. The summed E-state index contributed by atoms with van der Waals surface area (Å²) in [6.45, 7) is 0.853. The number of nitro benzene ring substituents is 2. The van der Waals surface area contributed by atoms with Crippen molar-refractivity contribution in [2.45, 2.75) is 0 Å². The van der Waals surface area contributed by atoms with Crippen LogP contribution in [-0.4, -0.2) is 28.8 Å². The van der Waals surface area contributed by atoms with Crippen LogP contribution in [0.3, 0.4) is 0 Å². The van der Waals surface area contributed by atoms with Crippen LogP contribution in [0.4, 0.5) is 17.1 Å². The lowest BCUT2D eigenvalue weighted by atomic mass is 10.0. The molecular weight excluding hydrogens is 440 g/mol. The Morgan fingerprint density at radius 3 is 2.41 bits per heavy atom. The molecule has 0 fully saturated rings. The first-order chi connectivity index (χ1) is 15.4.